The fourth-order valence-corrected chi connectivity index (χ4v) is 2.42. The number of fused-ring (bicyclic) bond motifs is 1. The van der Waals surface area contributed by atoms with Gasteiger partial charge in [0.15, 0.2) is 11.3 Å². The minimum absolute atomic E-state index is 0.102. The van der Waals surface area contributed by atoms with E-state index in [9.17, 15) is 4.79 Å². The van der Waals surface area contributed by atoms with Crippen LogP contribution in [0.5, 0.6) is 5.75 Å². The molecule has 1 atom stereocenters. The van der Waals surface area contributed by atoms with Crippen LogP contribution in [0.2, 0.25) is 0 Å². The highest BCUT2D eigenvalue weighted by atomic mass is 16.5. The molecule has 6 heteroatoms. The average molecular weight is 310 g/mol. The first-order chi connectivity index (χ1) is 11.1. The van der Waals surface area contributed by atoms with Crippen molar-refractivity contribution in [2.75, 3.05) is 14.2 Å². The molecule has 2 aromatic heterocycles. The third kappa shape index (κ3) is 2.88. The Morgan fingerprint density at radius 1 is 1.30 bits per heavy atom. The second kappa shape index (κ2) is 6.08. The van der Waals surface area contributed by atoms with Crippen molar-refractivity contribution in [3.05, 3.63) is 60.0 Å². The van der Waals surface area contributed by atoms with Gasteiger partial charge in [0.1, 0.15) is 5.75 Å². The molecule has 0 fully saturated rings. The molecule has 0 aliphatic rings. The fourth-order valence-electron chi connectivity index (χ4n) is 2.42. The van der Waals surface area contributed by atoms with Gasteiger partial charge in [-0.15, -0.1) is 0 Å². The zero-order valence-electron chi connectivity index (χ0n) is 13.3. The molecule has 3 rings (SSSR count). The summed E-state index contributed by atoms with van der Waals surface area (Å²) in [7, 11) is 3.40. The van der Waals surface area contributed by atoms with E-state index in [0.29, 0.717) is 11.3 Å². The highest BCUT2D eigenvalue weighted by Gasteiger charge is 2.21. The van der Waals surface area contributed by atoms with Crippen molar-refractivity contribution in [1.82, 2.24) is 19.5 Å². The van der Waals surface area contributed by atoms with Gasteiger partial charge < -0.3 is 9.64 Å². The third-order valence-corrected chi connectivity index (χ3v) is 3.93. The molecule has 0 spiro atoms. The topological polar surface area (TPSA) is 59.7 Å². The molecule has 1 aromatic carbocycles. The lowest BCUT2D eigenvalue weighted by molar-refractivity contribution is 0.0736. The first-order valence-electron chi connectivity index (χ1n) is 7.31. The second-order valence-electron chi connectivity index (χ2n) is 5.32. The molecule has 6 nitrogen and oxygen atoms in total. The largest absolute Gasteiger partial charge is 0.497 e. The predicted octanol–water partition coefficient (Wildman–Crippen LogP) is 2.57. The lowest BCUT2D eigenvalue weighted by Crippen LogP contribution is -2.30. The summed E-state index contributed by atoms with van der Waals surface area (Å²) in [5.74, 6) is 0.623. The predicted molar refractivity (Wildman–Crippen MR) is 86.5 cm³/mol. The first-order valence-corrected chi connectivity index (χ1v) is 7.31. The molecule has 0 radical (unpaired) electrons. The van der Waals surface area contributed by atoms with Gasteiger partial charge in [0.05, 0.1) is 13.2 Å². The number of hydrogen-bond acceptors (Lipinski definition) is 4. The fraction of sp³-hybridized carbons (Fsp3) is 0.235. The molecule has 0 aliphatic heterocycles. The molecule has 0 unspecified atom stereocenters. The maximum Gasteiger partial charge on any atom is 0.274 e. The summed E-state index contributed by atoms with van der Waals surface area (Å²) in [6.45, 7) is 1.97. The van der Waals surface area contributed by atoms with Crippen LogP contribution < -0.4 is 4.74 Å². The van der Waals surface area contributed by atoms with Crippen LogP contribution in [0.1, 0.15) is 29.0 Å². The van der Waals surface area contributed by atoms with E-state index in [2.05, 4.69) is 10.1 Å². The van der Waals surface area contributed by atoms with Gasteiger partial charge in [0.25, 0.3) is 5.91 Å². The molecule has 0 N–H and O–H groups in total. The Bertz CT molecular complexity index is 810. The minimum atomic E-state index is -0.147. The summed E-state index contributed by atoms with van der Waals surface area (Å²) >= 11 is 0. The summed E-state index contributed by atoms with van der Waals surface area (Å²) in [5, 5.41) is 4.28. The Labute approximate surface area is 134 Å². The van der Waals surface area contributed by atoms with Crippen LogP contribution in [0, 0.1) is 0 Å². The van der Waals surface area contributed by atoms with E-state index in [4.69, 9.17) is 4.74 Å². The van der Waals surface area contributed by atoms with Gasteiger partial charge >= 0.3 is 0 Å². The van der Waals surface area contributed by atoms with Crippen LogP contribution >= 0.6 is 0 Å². The quantitative estimate of drug-likeness (QED) is 0.743. The van der Waals surface area contributed by atoms with Crippen molar-refractivity contribution >= 4 is 11.6 Å². The molecule has 118 valence electrons. The molecule has 23 heavy (non-hydrogen) atoms. The molecular formula is C17H18N4O2. The maximum atomic E-state index is 12.7. The molecule has 1 amide bonds. The minimum Gasteiger partial charge on any atom is -0.497 e. The second-order valence-corrected chi connectivity index (χ2v) is 5.32. The molecule has 0 saturated carbocycles. The van der Waals surface area contributed by atoms with Crippen LogP contribution in [0.15, 0.2) is 48.8 Å². The van der Waals surface area contributed by atoms with E-state index in [1.54, 1.807) is 48.1 Å². The van der Waals surface area contributed by atoms with Crippen LogP contribution in [0.4, 0.5) is 0 Å². The molecule has 0 aliphatic carbocycles. The van der Waals surface area contributed by atoms with Gasteiger partial charge in [-0.3, -0.25) is 4.79 Å². The van der Waals surface area contributed by atoms with Gasteiger partial charge in [-0.2, -0.15) is 5.10 Å². The maximum absolute atomic E-state index is 12.7. The first kappa shape index (κ1) is 15.0. The number of benzene rings is 1. The molecule has 0 saturated heterocycles. The van der Waals surface area contributed by atoms with Gasteiger partial charge in [0, 0.05) is 25.5 Å². The van der Waals surface area contributed by atoms with E-state index >= 15 is 0 Å². The third-order valence-electron chi connectivity index (χ3n) is 3.93. The van der Waals surface area contributed by atoms with Gasteiger partial charge in [-0.25, -0.2) is 9.50 Å². The number of aromatic nitrogens is 3. The smallest absolute Gasteiger partial charge is 0.274 e. The lowest BCUT2D eigenvalue weighted by atomic mass is 10.1. The number of amides is 1. The van der Waals surface area contributed by atoms with Crippen molar-refractivity contribution in [2.24, 2.45) is 0 Å². The van der Waals surface area contributed by atoms with E-state index in [0.717, 1.165) is 11.3 Å². The highest BCUT2D eigenvalue weighted by Crippen LogP contribution is 2.24. The van der Waals surface area contributed by atoms with Gasteiger partial charge in [0.2, 0.25) is 0 Å². The van der Waals surface area contributed by atoms with Crippen molar-refractivity contribution in [2.45, 2.75) is 13.0 Å². The number of carbonyl (C=O) groups is 1. The molecule has 0 bridgehead atoms. The number of rotatable bonds is 4. The standard InChI is InChI=1S/C17H18N4O2/c1-12(13-6-4-7-14(10-13)23-3)20(2)17(22)15-11-16-18-8-5-9-21(16)19-15/h4-12H,1-3H3/t12-/m0/s1. The van der Waals surface area contributed by atoms with Crippen molar-refractivity contribution in [3.63, 3.8) is 0 Å². The Morgan fingerprint density at radius 2 is 2.13 bits per heavy atom. The van der Waals surface area contributed by atoms with Gasteiger partial charge in [-0.1, -0.05) is 12.1 Å². The normalized spacial score (nSPS) is 12.1. The van der Waals surface area contributed by atoms with Crippen molar-refractivity contribution in [3.8, 4) is 5.75 Å². The number of hydrogen-bond donors (Lipinski definition) is 0. The zero-order chi connectivity index (χ0) is 16.4. The summed E-state index contributed by atoms with van der Waals surface area (Å²) in [6.07, 6.45) is 3.44. The van der Waals surface area contributed by atoms with E-state index in [1.807, 2.05) is 31.2 Å². The van der Waals surface area contributed by atoms with Crippen LogP contribution in [-0.2, 0) is 0 Å². The van der Waals surface area contributed by atoms with Crippen LogP contribution in [-0.4, -0.2) is 39.6 Å². The molecular weight excluding hydrogens is 292 g/mol. The Hall–Kier alpha value is -2.89. The van der Waals surface area contributed by atoms with Crippen molar-refractivity contribution < 1.29 is 9.53 Å². The average Bonchev–Trinajstić information content (AvgIpc) is 3.04. The SMILES string of the molecule is COc1cccc([C@H](C)N(C)C(=O)c2cc3ncccn3n2)c1. The van der Waals surface area contributed by atoms with Crippen molar-refractivity contribution in [1.29, 1.82) is 0 Å². The summed E-state index contributed by atoms with van der Waals surface area (Å²) < 4.78 is 6.84. The van der Waals surface area contributed by atoms with Crippen LogP contribution in [0.25, 0.3) is 5.65 Å². The van der Waals surface area contributed by atoms with E-state index in [1.165, 1.54) is 0 Å². The van der Waals surface area contributed by atoms with Crippen LogP contribution in [0.3, 0.4) is 0 Å². The highest BCUT2D eigenvalue weighted by molar-refractivity contribution is 5.93. The number of carbonyl (C=O) groups excluding carboxylic acids is 1. The summed E-state index contributed by atoms with van der Waals surface area (Å²) in [4.78, 5) is 18.5. The number of methoxy groups -OCH3 is 1. The number of ether oxygens (including phenoxy) is 1. The monoisotopic (exact) mass is 310 g/mol. The number of nitrogens with zero attached hydrogens (tertiary/aromatic N) is 4. The zero-order valence-corrected chi connectivity index (χ0v) is 13.3. The molecule has 2 heterocycles. The summed E-state index contributed by atoms with van der Waals surface area (Å²) in [6, 6.07) is 11.1. The van der Waals surface area contributed by atoms with E-state index < -0.39 is 0 Å². The lowest BCUT2D eigenvalue weighted by Gasteiger charge is -2.24. The Kier molecular flexibility index (Phi) is 3.97. The van der Waals surface area contributed by atoms with E-state index in [-0.39, 0.29) is 11.9 Å². The summed E-state index contributed by atoms with van der Waals surface area (Å²) in [5.41, 5.74) is 2.03. The Balaban J connectivity index is 1.85. The molecule has 3 aromatic rings. The Morgan fingerprint density at radius 3 is 2.87 bits per heavy atom. The van der Waals surface area contributed by atoms with Gasteiger partial charge in [-0.05, 0) is 30.7 Å².